The second-order valence-electron chi connectivity index (χ2n) is 7.73. The van der Waals surface area contributed by atoms with Gasteiger partial charge in [-0.05, 0) is 25.7 Å². The molecule has 0 spiro atoms. The fourth-order valence-electron chi connectivity index (χ4n) is 3.12. The molecule has 0 atom stereocenters. The molecule has 174 valence electrons. The van der Waals surface area contributed by atoms with Gasteiger partial charge in [0.15, 0.2) is 0 Å². The van der Waals surface area contributed by atoms with Gasteiger partial charge >= 0.3 is 11.9 Å². The summed E-state index contributed by atoms with van der Waals surface area (Å²) < 4.78 is 0. The van der Waals surface area contributed by atoms with Gasteiger partial charge in [-0.25, -0.2) is 0 Å². The first-order chi connectivity index (χ1) is 14.4. The predicted octanol–water partition coefficient (Wildman–Crippen LogP) is 3.63. The third-order valence-corrected chi connectivity index (χ3v) is 4.86. The van der Waals surface area contributed by atoms with Crippen LogP contribution in [0.1, 0.15) is 103 Å². The Bertz CT molecular complexity index is 452. The maximum Gasteiger partial charge on any atom is 0.303 e. The van der Waals surface area contributed by atoms with Gasteiger partial charge in [-0.1, -0.05) is 51.4 Å². The SMILES string of the molecule is O=C(O)CCCCCCCCC(=O)NCCNC(=O)CCCCCCCCC(=O)O. The number of rotatable bonds is 21. The van der Waals surface area contributed by atoms with E-state index in [9.17, 15) is 19.2 Å². The molecule has 8 heteroatoms. The first kappa shape index (κ1) is 27.9. The zero-order valence-electron chi connectivity index (χ0n) is 18.3. The largest absolute Gasteiger partial charge is 0.481 e. The van der Waals surface area contributed by atoms with Crippen molar-refractivity contribution in [1.29, 1.82) is 0 Å². The molecule has 0 rings (SSSR count). The molecule has 0 aliphatic rings. The van der Waals surface area contributed by atoms with Crippen molar-refractivity contribution in [2.45, 2.75) is 103 Å². The molecule has 0 saturated carbocycles. The highest BCUT2D eigenvalue weighted by atomic mass is 16.4. The number of nitrogens with one attached hydrogen (secondary N) is 2. The van der Waals surface area contributed by atoms with Crippen LogP contribution in [0.3, 0.4) is 0 Å². The Labute approximate surface area is 180 Å². The van der Waals surface area contributed by atoms with Crippen LogP contribution in [0.5, 0.6) is 0 Å². The number of carbonyl (C=O) groups is 4. The van der Waals surface area contributed by atoms with Crippen LogP contribution in [0.25, 0.3) is 0 Å². The van der Waals surface area contributed by atoms with Gasteiger partial charge in [0.1, 0.15) is 0 Å². The van der Waals surface area contributed by atoms with E-state index in [4.69, 9.17) is 10.2 Å². The van der Waals surface area contributed by atoms with Crippen molar-refractivity contribution in [2.24, 2.45) is 0 Å². The molecule has 4 N–H and O–H groups in total. The molecule has 30 heavy (non-hydrogen) atoms. The smallest absolute Gasteiger partial charge is 0.303 e. The van der Waals surface area contributed by atoms with E-state index in [2.05, 4.69) is 10.6 Å². The molecule has 0 aromatic heterocycles. The molecule has 0 aliphatic heterocycles. The van der Waals surface area contributed by atoms with Crippen molar-refractivity contribution >= 4 is 23.8 Å². The summed E-state index contributed by atoms with van der Waals surface area (Å²) in [6.07, 6.45) is 12.3. The van der Waals surface area contributed by atoms with E-state index < -0.39 is 11.9 Å². The van der Waals surface area contributed by atoms with Crippen LogP contribution in [0, 0.1) is 0 Å². The molecule has 0 heterocycles. The van der Waals surface area contributed by atoms with Crippen LogP contribution in [0.4, 0.5) is 0 Å². The summed E-state index contributed by atoms with van der Waals surface area (Å²) in [5.74, 6) is -1.50. The number of unbranched alkanes of at least 4 members (excludes halogenated alkanes) is 10. The molecule has 0 aromatic carbocycles. The molecule has 8 nitrogen and oxygen atoms in total. The summed E-state index contributed by atoms with van der Waals surface area (Å²) in [5.41, 5.74) is 0. The summed E-state index contributed by atoms with van der Waals surface area (Å²) >= 11 is 0. The molecular formula is C22H40N2O6. The predicted molar refractivity (Wildman–Crippen MR) is 115 cm³/mol. The number of amides is 2. The molecule has 0 aliphatic carbocycles. The number of carboxylic acids is 2. The standard InChI is InChI=1S/C22H40N2O6/c25-19(13-9-5-1-3-7-11-15-21(27)28)23-17-18-24-20(26)14-10-6-2-4-8-12-16-22(29)30/h1-18H2,(H,23,25)(H,24,26)(H,27,28)(H,29,30). The Morgan fingerprint density at radius 3 is 1.00 bits per heavy atom. The summed E-state index contributed by atoms with van der Waals surface area (Å²) in [5, 5.41) is 22.7. The van der Waals surface area contributed by atoms with Gasteiger partial charge in [0.25, 0.3) is 0 Å². The van der Waals surface area contributed by atoms with E-state index >= 15 is 0 Å². The summed E-state index contributed by atoms with van der Waals surface area (Å²) in [4.78, 5) is 44.2. The Hall–Kier alpha value is -2.12. The zero-order chi connectivity index (χ0) is 22.5. The first-order valence-corrected chi connectivity index (χ1v) is 11.4. The Morgan fingerprint density at radius 1 is 0.433 bits per heavy atom. The van der Waals surface area contributed by atoms with Crippen LogP contribution in [-0.4, -0.2) is 47.1 Å². The first-order valence-electron chi connectivity index (χ1n) is 11.4. The van der Waals surface area contributed by atoms with E-state index in [-0.39, 0.29) is 24.7 Å². The highest BCUT2D eigenvalue weighted by Gasteiger charge is 2.03. The number of carbonyl (C=O) groups excluding carboxylic acids is 2. The maximum atomic E-state index is 11.7. The fraction of sp³-hybridized carbons (Fsp3) is 0.818. The van der Waals surface area contributed by atoms with Crippen molar-refractivity contribution in [1.82, 2.24) is 10.6 Å². The van der Waals surface area contributed by atoms with E-state index in [0.29, 0.717) is 25.9 Å². The lowest BCUT2D eigenvalue weighted by atomic mass is 10.1. The van der Waals surface area contributed by atoms with Crippen molar-refractivity contribution < 1.29 is 29.4 Å². The minimum atomic E-state index is -0.746. The third-order valence-electron chi connectivity index (χ3n) is 4.86. The zero-order valence-corrected chi connectivity index (χ0v) is 18.3. The van der Waals surface area contributed by atoms with Crippen molar-refractivity contribution in [3.8, 4) is 0 Å². The Balaban J connectivity index is 3.35. The van der Waals surface area contributed by atoms with Crippen LogP contribution >= 0.6 is 0 Å². The van der Waals surface area contributed by atoms with Gasteiger partial charge in [-0.15, -0.1) is 0 Å². The van der Waals surface area contributed by atoms with E-state index in [0.717, 1.165) is 77.0 Å². The minimum Gasteiger partial charge on any atom is -0.481 e. The van der Waals surface area contributed by atoms with Gasteiger partial charge in [-0.2, -0.15) is 0 Å². The Morgan fingerprint density at radius 2 is 0.700 bits per heavy atom. The van der Waals surface area contributed by atoms with Gasteiger partial charge in [0.05, 0.1) is 0 Å². The maximum absolute atomic E-state index is 11.7. The third kappa shape index (κ3) is 22.2. The molecule has 0 unspecified atom stereocenters. The quantitative estimate of drug-likeness (QED) is 0.206. The molecule has 0 bridgehead atoms. The van der Waals surface area contributed by atoms with Crippen LogP contribution < -0.4 is 10.6 Å². The topological polar surface area (TPSA) is 133 Å². The average Bonchev–Trinajstić information content (AvgIpc) is 2.68. The number of aliphatic carboxylic acids is 2. The van der Waals surface area contributed by atoms with E-state index in [1.165, 1.54) is 0 Å². The number of hydrogen-bond acceptors (Lipinski definition) is 4. The van der Waals surface area contributed by atoms with Gasteiger partial charge < -0.3 is 20.8 Å². The summed E-state index contributed by atoms with van der Waals surface area (Å²) in [7, 11) is 0. The van der Waals surface area contributed by atoms with Crippen molar-refractivity contribution in [3.05, 3.63) is 0 Å². The summed E-state index contributed by atoms with van der Waals surface area (Å²) in [6, 6.07) is 0. The lowest BCUT2D eigenvalue weighted by molar-refractivity contribution is -0.138. The van der Waals surface area contributed by atoms with Crippen molar-refractivity contribution in [3.63, 3.8) is 0 Å². The lowest BCUT2D eigenvalue weighted by Gasteiger charge is -2.07. The van der Waals surface area contributed by atoms with E-state index in [1.54, 1.807) is 0 Å². The normalized spacial score (nSPS) is 10.5. The Kier molecular flexibility index (Phi) is 18.7. The molecular weight excluding hydrogens is 388 g/mol. The van der Waals surface area contributed by atoms with E-state index in [1.807, 2.05) is 0 Å². The van der Waals surface area contributed by atoms with Crippen LogP contribution in [-0.2, 0) is 19.2 Å². The number of hydrogen-bond donors (Lipinski definition) is 4. The number of carboxylic acid groups (broad SMARTS) is 2. The molecule has 0 saturated heterocycles. The molecule has 2 amide bonds. The van der Waals surface area contributed by atoms with Gasteiger partial charge in [-0.3, -0.25) is 19.2 Å². The molecule has 0 radical (unpaired) electrons. The average molecular weight is 429 g/mol. The van der Waals surface area contributed by atoms with Gasteiger partial charge in [0.2, 0.25) is 11.8 Å². The molecule has 0 fully saturated rings. The highest BCUT2D eigenvalue weighted by molar-refractivity contribution is 5.77. The monoisotopic (exact) mass is 428 g/mol. The molecule has 0 aromatic rings. The van der Waals surface area contributed by atoms with Crippen LogP contribution in [0.15, 0.2) is 0 Å². The minimum absolute atomic E-state index is 0.00183. The second-order valence-corrected chi connectivity index (χ2v) is 7.73. The van der Waals surface area contributed by atoms with Gasteiger partial charge in [0, 0.05) is 38.8 Å². The lowest BCUT2D eigenvalue weighted by Crippen LogP contribution is -2.34. The second kappa shape index (κ2) is 20.2. The van der Waals surface area contributed by atoms with Crippen molar-refractivity contribution in [2.75, 3.05) is 13.1 Å². The highest BCUT2D eigenvalue weighted by Crippen LogP contribution is 2.09. The van der Waals surface area contributed by atoms with Crippen LogP contribution in [0.2, 0.25) is 0 Å². The fourth-order valence-corrected chi connectivity index (χ4v) is 3.12. The summed E-state index contributed by atoms with van der Waals surface area (Å²) in [6.45, 7) is 0.868.